The van der Waals surface area contributed by atoms with Gasteiger partial charge in [-0.05, 0) is 33.2 Å². The van der Waals surface area contributed by atoms with E-state index in [-0.39, 0.29) is 24.9 Å². The lowest BCUT2D eigenvalue weighted by molar-refractivity contribution is -0.135. The van der Waals surface area contributed by atoms with Gasteiger partial charge in [-0.15, -0.1) is 0 Å². The normalized spacial score (nSPS) is 15.4. The first-order chi connectivity index (χ1) is 7.76. The van der Waals surface area contributed by atoms with E-state index in [9.17, 15) is 18.0 Å². The minimum absolute atomic E-state index is 0.00947. The van der Waals surface area contributed by atoms with Crippen LogP contribution >= 0.6 is 0 Å². The highest BCUT2D eigenvalue weighted by Crippen LogP contribution is 2.20. The summed E-state index contributed by atoms with van der Waals surface area (Å²) < 4.78 is 35.5. The van der Waals surface area contributed by atoms with Crippen molar-refractivity contribution in [3.8, 4) is 0 Å². The van der Waals surface area contributed by atoms with E-state index in [0.717, 1.165) is 6.42 Å². The average Bonchev–Trinajstić information content (AvgIpc) is 2.22. The summed E-state index contributed by atoms with van der Waals surface area (Å²) in [5.74, 6) is -0.175. The largest absolute Gasteiger partial charge is 0.389 e. The molecule has 0 saturated carbocycles. The van der Waals surface area contributed by atoms with E-state index in [4.69, 9.17) is 0 Å². The van der Waals surface area contributed by atoms with E-state index in [0.29, 0.717) is 0 Å². The van der Waals surface area contributed by atoms with Gasteiger partial charge in [0.1, 0.15) is 0 Å². The average molecular weight is 254 g/mol. The molecule has 0 heterocycles. The second kappa shape index (κ2) is 7.53. The number of hydrogen-bond acceptors (Lipinski definition) is 2. The zero-order valence-corrected chi connectivity index (χ0v) is 10.5. The lowest BCUT2D eigenvalue weighted by Gasteiger charge is -2.17. The summed E-state index contributed by atoms with van der Waals surface area (Å²) in [5.41, 5.74) is 0. The summed E-state index contributed by atoms with van der Waals surface area (Å²) >= 11 is 0. The van der Waals surface area contributed by atoms with Gasteiger partial charge in [-0.3, -0.25) is 4.79 Å². The molecule has 2 N–H and O–H groups in total. The smallest absolute Gasteiger partial charge is 0.352 e. The number of halogens is 3. The molecule has 0 rings (SSSR count). The van der Waals surface area contributed by atoms with Crippen LogP contribution in [0.1, 0.15) is 40.0 Å². The molecule has 0 aliphatic rings. The minimum Gasteiger partial charge on any atom is -0.352 e. The molecule has 0 aromatic rings. The zero-order chi connectivity index (χ0) is 13.5. The van der Waals surface area contributed by atoms with Gasteiger partial charge in [-0.25, -0.2) is 0 Å². The highest BCUT2D eigenvalue weighted by atomic mass is 19.4. The van der Waals surface area contributed by atoms with Gasteiger partial charge < -0.3 is 10.6 Å². The Hall–Kier alpha value is -0.780. The quantitative estimate of drug-likeness (QED) is 0.684. The number of amides is 1. The molecular formula is C11H21F3N2O. The lowest BCUT2D eigenvalue weighted by atomic mass is 10.2. The van der Waals surface area contributed by atoms with Crippen LogP contribution in [-0.4, -0.2) is 30.7 Å². The van der Waals surface area contributed by atoms with Gasteiger partial charge in [0.05, 0.1) is 6.04 Å². The van der Waals surface area contributed by atoms with Crippen molar-refractivity contribution in [2.45, 2.75) is 58.3 Å². The van der Waals surface area contributed by atoms with Crippen molar-refractivity contribution in [1.82, 2.24) is 10.6 Å². The van der Waals surface area contributed by atoms with E-state index < -0.39 is 18.6 Å². The Morgan fingerprint density at radius 3 is 2.35 bits per heavy atom. The van der Waals surface area contributed by atoms with Crippen molar-refractivity contribution in [2.24, 2.45) is 0 Å². The Morgan fingerprint density at radius 1 is 1.29 bits per heavy atom. The van der Waals surface area contributed by atoms with Gasteiger partial charge in [0.15, 0.2) is 0 Å². The van der Waals surface area contributed by atoms with Crippen molar-refractivity contribution in [1.29, 1.82) is 0 Å². The second-order valence-electron chi connectivity index (χ2n) is 4.21. The third kappa shape index (κ3) is 8.97. The molecule has 0 aromatic heterocycles. The van der Waals surface area contributed by atoms with Crippen LogP contribution in [0, 0.1) is 0 Å². The molecule has 0 aliphatic carbocycles. The first-order valence-corrected chi connectivity index (χ1v) is 5.86. The fraction of sp³-hybridized carbons (Fsp3) is 0.909. The molecule has 0 radical (unpaired) electrons. The van der Waals surface area contributed by atoms with Crippen molar-refractivity contribution >= 4 is 5.91 Å². The van der Waals surface area contributed by atoms with E-state index in [1.54, 1.807) is 6.92 Å². The molecule has 1 amide bonds. The number of carbonyl (C=O) groups excluding carboxylic acids is 1. The molecule has 3 nitrogen and oxygen atoms in total. The summed E-state index contributed by atoms with van der Waals surface area (Å²) in [4.78, 5) is 11.5. The number of rotatable bonds is 7. The Labute approximate surface area is 100 Å². The van der Waals surface area contributed by atoms with Crippen LogP contribution in [-0.2, 0) is 4.79 Å². The zero-order valence-electron chi connectivity index (χ0n) is 10.5. The molecule has 2 atom stereocenters. The van der Waals surface area contributed by atoms with Crippen LogP contribution in [0.25, 0.3) is 0 Å². The second-order valence-corrected chi connectivity index (χ2v) is 4.21. The topological polar surface area (TPSA) is 41.1 Å². The third-order valence-electron chi connectivity index (χ3n) is 2.48. The number of carbonyl (C=O) groups is 1. The number of hydrogen-bond donors (Lipinski definition) is 2. The molecule has 17 heavy (non-hydrogen) atoms. The standard InChI is InChI=1S/C11H21F3N2O/c1-4-8(2)16-10(17)9(3)15-7-5-6-11(12,13)14/h8-9,15H,4-7H2,1-3H3,(H,16,17). The number of nitrogens with one attached hydrogen (secondary N) is 2. The lowest BCUT2D eigenvalue weighted by Crippen LogP contribution is -2.45. The molecule has 0 aromatic carbocycles. The highest BCUT2D eigenvalue weighted by molar-refractivity contribution is 5.81. The molecular weight excluding hydrogens is 233 g/mol. The maximum atomic E-state index is 11.8. The molecule has 102 valence electrons. The fourth-order valence-corrected chi connectivity index (χ4v) is 1.17. The maximum absolute atomic E-state index is 11.8. The van der Waals surface area contributed by atoms with E-state index in [1.165, 1.54) is 0 Å². The fourth-order valence-electron chi connectivity index (χ4n) is 1.17. The van der Waals surface area contributed by atoms with Crippen LogP contribution in [0.3, 0.4) is 0 Å². The highest BCUT2D eigenvalue weighted by Gasteiger charge is 2.26. The van der Waals surface area contributed by atoms with Gasteiger partial charge in [-0.2, -0.15) is 13.2 Å². The van der Waals surface area contributed by atoms with Crippen molar-refractivity contribution in [2.75, 3.05) is 6.54 Å². The molecule has 0 spiro atoms. The predicted molar refractivity (Wildman–Crippen MR) is 60.6 cm³/mol. The van der Waals surface area contributed by atoms with Gasteiger partial charge in [0, 0.05) is 12.5 Å². The van der Waals surface area contributed by atoms with Crippen LogP contribution in [0.15, 0.2) is 0 Å². The summed E-state index contributed by atoms with van der Waals surface area (Å²) in [6, 6.07) is -0.376. The Morgan fingerprint density at radius 2 is 1.88 bits per heavy atom. The molecule has 6 heteroatoms. The first kappa shape index (κ1) is 16.2. The van der Waals surface area contributed by atoms with E-state index in [2.05, 4.69) is 10.6 Å². The van der Waals surface area contributed by atoms with Crippen molar-refractivity contribution in [3.63, 3.8) is 0 Å². The Kier molecular flexibility index (Phi) is 7.18. The molecule has 0 aliphatic heterocycles. The van der Waals surface area contributed by atoms with E-state index in [1.807, 2.05) is 13.8 Å². The van der Waals surface area contributed by atoms with Gasteiger partial charge >= 0.3 is 6.18 Å². The summed E-state index contributed by atoms with van der Waals surface area (Å²) in [6.07, 6.45) is -4.12. The van der Waals surface area contributed by atoms with Gasteiger partial charge in [0.2, 0.25) is 5.91 Å². The predicted octanol–water partition coefficient (Wildman–Crippen LogP) is 2.22. The van der Waals surface area contributed by atoms with E-state index >= 15 is 0 Å². The number of alkyl halides is 3. The van der Waals surface area contributed by atoms with Gasteiger partial charge in [-0.1, -0.05) is 6.92 Å². The molecule has 0 saturated heterocycles. The molecule has 2 unspecified atom stereocenters. The monoisotopic (exact) mass is 254 g/mol. The summed E-state index contributed by atoms with van der Waals surface area (Å²) in [7, 11) is 0. The van der Waals surface area contributed by atoms with Crippen LogP contribution in [0.4, 0.5) is 13.2 Å². The Balaban J connectivity index is 3.71. The van der Waals surface area contributed by atoms with Gasteiger partial charge in [0.25, 0.3) is 0 Å². The van der Waals surface area contributed by atoms with Crippen LogP contribution in [0.5, 0.6) is 0 Å². The third-order valence-corrected chi connectivity index (χ3v) is 2.48. The first-order valence-electron chi connectivity index (χ1n) is 5.86. The van der Waals surface area contributed by atoms with Crippen molar-refractivity contribution < 1.29 is 18.0 Å². The SMILES string of the molecule is CCC(C)NC(=O)C(C)NCCCC(F)(F)F. The summed E-state index contributed by atoms with van der Waals surface area (Å²) in [6.45, 7) is 5.67. The maximum Gasteiger partial charge on any atom is 0.389 e. The molecule has 0 bridgehead atoms. The summed E-state index contributed by atoms with van der Waals surface area (Å²) in [5, 5.41) is 5.54. The van der Waals surface area contributed by atoms with Crippen LogP contribution in [0.2, 0.25) is 0 Å². The Bertz CT molecular complexity index is 231. The van der Waals surface area contributed by atoms with Crippen molar-refractivity contribution in [3.05, 3.63) is 0 Å². The molecule has 0 fully saturated rings. The minimum atomic E-state index is -4.12. The van der Waals surface area contributed by atoms with Crippen LogP contribution < -0.4 is 10.6 Å².